The monoisotopic (exact) mass is 265 g/mol. The van der Waals surface area contributed by atoms with E-state index in [9.17, 15) is 0 Å². The molecule has 1 aromatic rings. The van der Waals surface area contributed by atoms with E-state index >= 15 is 0 Å². The number of aromatic nitrogens is 1. The number of hydrogen-bond donors (Lipinski definition) is 2. The fraction of sp³-hybridized carbons (Fsp3) is 0.571. The van der Waals surface area contributed by atoms with Crippen molar-refractivity contribution in [2.24, 2.45) is 11.7 Å². The predicted molar refractivity (Wildman–Crippen MR) is 82.0 cm³/mol. The average molecular weight is 265 g/mol. The van der Waals surface area contributed by atoms with Crippen LogP contribution in [-0.4, -0.2) is 16.5 Å². The van der Waals surface area contributed by atoms with Crippen LogP contribution in [0.2, 0.25) is 0 Å². The Labute approximate surface area is 115 Å². The smallest absolute Gasteiger partial charge is 0.136 e. The van der Waals surface area contributed by atoms with Gasteiger partial charge < -0.3 is 11.1 Å². The van der Waals surface area contributed by atoms with Gasteiger partial charge in [-0.3, -0.25) is 0 Å². The highest BCUT2D eigenvalue weighted by Crippen LogP contribution is 2.16. The Hall–Kier alpha value is -1.16. The molecule has 0 bridgehead atoms. The Balaban J connectivity index is 2.52. The van der Waals surface area contributed by atoms with Gasteiger partial charge in [0.15, 0.2) is 0 Å². The van der Waals surface area contributed by atoms with Gasteiger partial charge in [-0.05, 0) is 30.9 Å². The number of aryl methyl sites for hydroxylation is 1. The van der Waals surface area contributed by atoms with E-state index < -0.39 is 0 Å². The fourth-order valence-electron chi connectivity index (χ4n) is 1.89. The van der Waals surface area contributed by atoms with Crippen LogP contribution in [0, 0.1) is 12.8 Å². The molecule has 0 saturated heterocycles. The molecule has 0 spiro atoms. The summed E-state index contributed by atoms with van der Waals surface area (Å²) in [6, 6.07) is 1.93. The molecule has 0 saturated carbocycles. The third kappa shape index (κ3) is 4.61. The average Bonchev–Trinajstić information content (AvgIpc) is 2.27. The summed E-state index contributed by atoms with van der Waals surface area (Å²) in [7, 11) is 0. The lowest BCUT2D eigenvalue weighted by Crippen LogP contribution is -2.16. The maximum absolute atomic E-state index is 5.74. The highest BCUT2D eigenvalue weighted by Gasteiger charge is 2.08. The van der Waals surface area contributed by atoms with Crippen molar-refractivity contribution in [3.63, 3.8) is 0 Å². The van der Waals surface area contributed by atoms with Crippen LogP contribution in [-0.2, 0) is 0 Å². The summed E-state index contributed by atoms with van der Waals surface area (Å²) in [4.78, 5) is 4.72. The molecule has 0 atom stereocenters. The van der Waals surface area contributed by atoms with Gasteiger partial charge in [-0.15, -0.1) is 0 Å². The van der Waals surface area contributed by atoms with Crippen molar-refractivity contribution in [2.45, 2.75) is 40.0 Å². The highest BCUT2D eigenvalue weighted by molar-refractivity contribution is 7.80. The molecule has 0 amide bonds. The normalized spacial score (nSPS) is 10.7. The lowest BCUT2D eigenvalue weighted by Gasteiger charge is -2.12. The molecule has 1 heterocycles. The Kier molecular flexibility index (Phi) is 6.05. The van der Waals surface area contributed by atoms with Crippen LogP contribution in [0.15, 0.2) is 12.3 Å². The van der Waals surface area contributed by atoms with Crippen LogP contribution in [0.5, 0.6) is 0 Å². The first kappa shape index (κ1) is 14.9. The Morgan fingerprint density at radius 3 is 2.78 bits per heavy atom. The lowest BCUT2D eigenvalue weighted by atomic mass is 10.1. The van der Waals surface area contributed by atoms with Gasteiger partial charge >= 0.3 is 0 Å². The SMILES string of the molecule is Cc1ccnc(NCCCCC(C)C)c1C(N)=S. The summed E-state index contributed by atoms with van der Waals surface area (Å²) < 4.78 is 0. The molecule has 0 aliphatic rings. The number of hydrogen-bond acceptors (Lipinski definition) is 3. The zero-order valence-electron chi connectivity index (χ0n) is 11.5. The van der Waals surface area contributed by atoms with E-state index in [2.05, 4.69) is 24.1 Å². The van der Waals surface area contributed by atoms with Crippen molar-refractivity contribution in [2.75, 3.05) is 11.9 Å². The number of nitrogens with two attached hydrogens (primary N) is 1. The number of pyridine rings is 1. The molecule has 0 aliphatic carbocycles. The molecular formula is C14H23N3S. The van der Waals surface area contributed by atoms with Gasteiger partial charge in [0.25, 0.3) is 0 Å². The molecule has 0 aliphatic heterocycles. The van der Waals surface area contributed by atoms with Crippen LogP contribution in [0.1, 0.15) is 44.2 Å². The second-order valence-corrected chi connectivity index (χ2v) is 5.47. The van der Waals surface area contributed by atoms with Crippen LogP contribution in [0.25, 0.3) is 0 Å². The van der Waals surface area contributed by atoms with Crippen molar-refractivity contribution in [1.82, 2.24) is 4.98 Å². The summed E-state index contributed by atoms with van der Waals surface area (Å²) in [5.41, 5.74) is 7.68. The first-order valence-corrected chi connectivity index (χ1v) is 6.92. The van der Waals surface area contributed by atoms with Gasteiger partial charge in [0.1, 0.15) is 10.8 Å². The fourth-order valence-corrected chi connectivity index (χ4v) is 2.15. The van der Waals surface area contributed by atoms with Crippen molar-refractivity contribution in [1.29, 1.82) is 0 Å². The van der Waals surface area contributed by atoms with Crippen LogP contribution in [0.3, 0.4) is 0 Å². The number of unbranched alkanes of at least 4 members (excludes halogenated alkanes) is 1. The third-order valence-electron chi connectivity index (χ3n) is 2.91. The first-order chi connectivity index (χ1) is 8.52. The molecular weight excluding hydrogens is 242 g/mol. The minimum absolute atomic E-state index is 0.408. The highest BCUT2D eigenvalue weighted by atomic mass is 32.1. The Bertz CT molecular complexity index is 402. The number of nitrogens with one attached hydrogen (secondary N) is 1. The zero-order chi connectivity index (χ0) is 13.5. The second kappa shape index (κ2) is 7.31. The van der Waals surface area contributed by atoms with E-state index in [0.717, 1.165) is 35.8 Å². The molecule has 100 valence electrons. The molecule has 4 heteroatoms. The molecule has 1 rings (SSSR count). The number of nitrogens with zero attached hydrogens (tertiary/aromatic N) is 1. The Morgan fingerprint density at radius 2 is 2.17 bits per heavy atom. The lowest BCUT2D eigenvalue weighted by molar-refractivity contribution is 0.544. The predicted octanol–water partition coefficient (Wildman–Crippen LogP) is 3.26. The molecule has 3 nitrogen and oxygen atoms in total. The second-order valence-electron chi connectivity index (χ2n) is 5.03. The Morgan fingerprint density at radius 1 is 1.44 bits per heavy atom. The van der Waals surface area contributed by atoms with Gasteiger partial charge in [0.05, 0.1) is 5.56 Å². The van der Waals surface area contributed by atoms with E-state index in [-0.39, 0.29) is 0 Å². The van der Waals surface area contributed by atoms with Crippen molar-refractivity contribution in [3.8, 4) is 0 Å². The van der Waals surface area contributed by atoms with Gasteiger partial charge in [-0.1, -0.05) is 38.9 Å². The summed E-state index contributed by atoms with van der Waals surface area (Å²) in [5.74, 6) is 1.58. The maximum atomic E-state index is 5.74. The number of rotatable bonds is 7. The van der Waals surface area contributed by atoms with Crippen LogP contribution >= 0.6 is 12.2 Å². The maximum Gasteiger partial charge on any atom is 0.136 e. The molecule has 0 unspecified atom stereocenters. The van der Waals surface area contributed by atoms with E-state index in [4.69, 9.17) is 18.0 Å². The number of anilines is 1. The molecule has 1 aromatic heterocycles. The molecule has 0 aromatic carbocycles. The summed E-state index contributed by atoms with van der Waals surface area (Å²) in [6.07, 6.45) is 5.43. The van der Waals surface area contributed by atoms with E-state index in [1.807, 2.05) is 13.0 Å². The van der Waals surface area contributed by atoms with E-state index in [0.29, 0.717) is 4.99 Å². The van der Waals surface area contributed by atoms with E-state index in [1.54, 1.807) is 6.20 Å². The number of thiocarbonyl (C=S) groups is 1. The zero-order valence-corrected chi connectivity index (χ0v) is 12.3. The van der Waals surface area contributed by atoms with E-state index in [1.165, 1.54) is 12.8 Å². The van der Waals surface area contributed by atoms with Crippen molar-refractivity contribution >= 4 is 23.0 Å². The third-order valence-corrected chi connectivity index (χ3v) is 3.11. The largest absolute Gasteiger partial charge is 0.389 e. The molecule has 0 radical (unpaired) electrons. The molecule has 0 fully saturated rings. The van der Waals surface area contributed by atoms with Gasteiger partial charge in [0.2, 0.25) is 0 Å². The minimum atomic E-state index is 0.408. The first-order valence-electron chi connectivity index (χ1n) is 6.51. The summed E-state index contributed by atoms with van der Waals surface area (Å²) in [5, 5.41) is 3.33. The molecule has 18 heavy (non-hydrogen) atoms. The van der Waals surface area contributed by atoms with Gasteiger partial charge in [-0.2, -0.15) is 0 Å². The summed E-state index contributed by atoms with van der Waals surface area (Å²) >= 11 is 5.07. The van der Waals surface area contributed by atoms with Crippen molar-refractivity contribution < 1.29 is 0 Å². The van der Waals surface area contributed by atoms with Crippen molar-refractivity contribution in [3.05, 3.63) is 23.4 Å². The standard InChI is InChI=1S/C14H23N3S/c1-10(2)6-4-5-8-16-14-12(13(15)18)11(3)7-9-17-14/h7,9-10H,4-6,8H2,1-3H3,(H2,15,18)(H,16,17). The van der Waals surface area contributed by atoms with Crippen LogP contribution in [0.4, 0.5) is 5.82 Å². The van der Waals surface area contributed by atoms with Gasteiger partial charge in [0, 0.05) is 12.7 Å². The quantitative estimate of drug-likeness (QED) is 0.587. The van der Waals surface area contributed by atoms with Gasteiger partial charge in [-0.25, -0.2) is 4.98 Å². The minimum Gasteiger partial charge on any atom is -0.389 e. The topological polar surface area (TPSA) is 50.9 Å². The molecule has 3 N–H and O–H groups in total. The van der Waals surface area contributed by atoms with Crippen LogP contribution < -0.4 is 11.1 Å². The summed E-state index contributed by atoms with van der Waals surface area (Å²) in [6.45, 7) is 7.42.